The van der Waals surface area contributed by atoms with Crippen LogP contribution in [0.5, 0.6) is 0 Å². The number of aromatic amines is 1. The van der Waals surface area contributed by atoms with Gasteiger partial charge in [-0.25, -0.2) is 0 Å². The number of thioether (sulfide) groups is 1. The van der Waals surface area contributed by atoms with Gasteiger partial charge >= 0.3 is 11.1 Å². The molecular formula is C7H12N4O2S. The molecule has 6 nitrogen and oxygen atoms in total. The summed E-state index contributed by atoms with van der Waals surface area (Å²) in [7, 11) is 1.62. The molecule has 1 atom stereocenters. The molecule has 0 saturated heterocycles. The summed E-state index contributed by atoms with van der Waals surface area (Å²) in [4.78, 5) is 25.4. The third-order valence-corrected chi connectivity index (χ3v) is 2.76. The monoisotopic (exact) mass is 216 g/mol. The summed E-state index contributed by atoms with van der Waals surface area (Å²) in [6.45, 7) is 2.40. The number of nitrogens with zero attached hydrogens (tertiary/aromatic N) is 2. The molecule has 0 aliphatic rings. The van der Waals surface area contributed by atoms with Crippen molar-refractivity contribution in [2.24, 2.45) is 12.8 Å². The van der Waals surface area contributed by atoms with Crippen LogP contribution in [0.15, 0.2) is 14.7 Å². The molecule has 0 aliphatic heterocycles. The fourth-order valence-corrected chi connectivity index (χ4v) is 1.59. The van der Waals surface area contributed by atoms with Gasteiger partial charge in [-0.3, -0.25) is 19.4 Å². The Morgan fingerprint density at radius 1 is 1.64 bits per heavy atom. The summed E-state index contributed by atoms with van der Waals surface area (Å²) in [5, 5.41) is 2.98. The van der Waals surface area contributed by atoms with Gasteiger partial charge in [-0.2, -0.15) is 4.98 Å². The van der Waals surface area contributed by atoms with Crippen molar-refractivity contribution >= 4 is 11.8 Å². The molecule has 1 rings (SSSR count). The van der Waals surface area contributed by atoms with Crippen molar-refractivity contribution in [3.63, 3.8) is 0 Å². The Hall–Kier alpha value is -1.08. The van der Waals surface area contributed by atoms with E-state index in [1.807, 2.05) is 6.92 Å². The standard InChI is InChI=1S/C7H12N4O2S/c1-4(3-8)14-7-9-5(12)6(13)10-11(7)2/h4H,3,8H2,1-2H3,(H,10,13). The van der Waals surface area contributed by atoms with Gasteiger partial charge in [0.25, 0.3) is 0 Å². The second-order valence-corrected chi connectivity index (χ2v) is 4.27. The first-order chi connectivity index (χ1) is 6.54. The van der Waals surface area contributed by atoms with E-state index < -0.39 is 11.1 Å². The molecule has 0 bridgehead atoms. The van der Waals surface area contributed by atoms with Gasteiger partial charge in [0.05, 0.1) is 0 Å². The number of hydrogen-bond acceptors (Lipinski definition) is 5. The summed E-state index contributed by atoms with van der Waals surface area (Å²) >= 11 is 1.35. The first-order valence-electron chi connectivity index (χ1n) is 4.08. The lowest BCUT2D eigenvalue weighted by Gasteiger charge is -2.09. The van der Waals surface area contributed by atoms with Crippen molar-refractivity contribution in [2.45, 2.75) is 17.3 Å². The third kappa shape index (κ3) is 2.46. The zero-order chi connectivity index (χ0) is 10.7. The van der Waals surface area contributed by atoms with Crippen LogP contribution in [0.1, 0.15) is 6.92 Å². The van der Waals surface area contributed by atoms with Crippen LogP contribution in [0.4, 0.5) is 0 Å². The molecule has 0 spiro atoms. The van der Waals surface area contributed by atoms with E-state index in [1.54, 1.807) is 7.05 Å². The molecule has 7 heteroatoms. The van der Waals surface area contributed by atoms with Crippen LogP contribution in [-0.2, 0) is 7.05 Å². The van der Waals surface area contributed by atoms with Gasteiger partial charge in [-0.05, 0) is 0 Å². The van der Waals surface area contributed by atoms with E-state index in [0.29, 0.717) is 11.7 Å². The van der Waals surface area contributed by atoms with E-state index in [2.05, 4.69) is 10.1 Å². The Kier molecular flexibility index (Phi) is 3.48. The summed E-state index contributed by atoms with van der Waals surface area (Å²) in [6.07, 6.45) is 0. The summed E-state index contributed by atoms with van der Waals surface area (Å²) < 4.78 is 1.42. The highest BCUT2D eigenvalue weighted by Gasteiger charge is 2.08. The lowest BCUT2D eigenvalue weighted by atomic mass is 10.5. The van der Waals surface area contributed by atoms with Gasteiger partial charge in [0, 0.05) is 18.8 Å². The van der Waals surface area contributed by atoms with E-state index in [9.17, 15) is 9.59 Å². The Labute approximate surface area is 84.5 Å². The smallest absolute Gasteiger partial charge is 0.329 e. The van der Waals surface area contributed by atoms with Gasteiger partial charge in [0.2, 0.25) is 0 Å². The number of hydrogen-bond donors (Lipinski definition) is 2. The Bertz CT molecular complexity index is 424. The number of aromatic nitrogens is 3. The molecule has 0 radical (unpaired) electrons. The molecular weight excluding hydrogens is 204 g/mol. The van der Waals surface area contributed by atoms with Crippen molar-refractivity contribution in [3.8, 4) is 0 Å². The second kappa shape index (κ2) is 4.43. The zero-order valence-corrected chi connectivity index (χ0v) is 8.80. The molecule has 0 aromatic carbocycles. The maximum Gasteiger partial charge on any atom is 0.339 e. The molecule has 1 unspecified atom stereocenters. The molecule has 0 saturated carbocycles. The predicted molar refractivity (Wildman–Crippen MR) is 54.5 cm³/mol. The molecule has 0 fully saturated rings. The fraction of sp³-hybridized carbons (Fsp3) is 0.571. The molecule has 1 aromatic rings. The van der Waals surface area contributed by atoms with Crippen molar-refractivity contribution in [2.75, 3.05) is 6.54 Å². The maximum absolute atomic E-state index is 10.9. The molecule has 1 aromatic heterocycles. The van der Waals surface area contributed by atoms with Gasteiger partial charge in [-0.1, -0.05) is 18.7 Å². The molecule has 1 heterocycles. The average molecular weight is 216 g/mol. The van der Waals surface area contributed by atoms with E-state index in [4.69, 9.17) is 5.73 Å². The minimum absolute atomic E-state index is 0.152. The first-order valence-corrected chi connectivity index (χ1v) is 4.96. The zero-order valence-electron chi connectivity index (χ0n) is 7.98. The lowest BCUT2D eigenvalue weighted by Crippen LogP contribution is -2.34. The number of nitrogens with two attached hydrogens (primary N) is 1. The molecule has 3 N–H and O–H groups in total. The van der Waals surface area contributed by atoms with E-state index >= 15 is 0 Å². The SMILES string of the molecule is CC(CN)Sc1nc(=O)c(=O)[nH]n1C. The topological polar surface area (TPSA) is 93.8 Å². The summed E-state index contributed by atoms with van der Waals surface area (Å²) in [6, 6.07) is 0. The second-order valence-electron chi connectivity index (χ2n) is 2.86. The van der Waals surface area contributed by atoms with Crippen molar-refractivity contribution in [1.29, 1.82) is 0 Å². The van der Waals surface area contributed by atoms with Gasteiger partial charge < -0.3 is 5.73 Å². The number of nitrogens with one attached hydrogen (secondary N) is 1. The van der Waals surface area contributed by atoms with Gasteiger partial charge in [0.1, 0.15) is 0 Å². The van der Waals surface area contributed by atoms with E-state index in [1.165, 1.54) is 16.4 Å². The average Bonchev–Trinajstić information content (AvgIpc) is 2.14. The van der Waals surface area contributed by atoms with Crippen LogP contribution < -0.4 is 16.9 Å². The van der Waals surface area contributed by atoms with Crippen LogP contribution in [-0.4, -0.2) is 26.6 Å². The van der Waals surface area contributed by atoms with Gasteiger partial charge in [0.15, 0.2) is 5.16 Å². The largest absolute Gasteiger partial charge is 0.339 e. The van der Waals surface area contributed by atoms with Crippen molar-refractivity contribution in [3.05, 3.63) is 20.7 Å². The number of rotatable bonds is 3. The molecule has 14 heavy (non-hydrogen) atoms. The predicted octanol–water partition coefficient (Wildman–Crippen LogP) is -1.09. The van der Waals surface area contributed by atoms with Crippen LogP contribution in [0.2, 0.25) is 0 Å². The first kappa shape index (κ1) is 11.0. The highest BCUT2D eigenvalue weighted by Crippen LogP contribution is 2.16. The quantitative estimate of drug-likeness (QED) is 0.494. The Balaban J connectivity index is 3.04. The van der Waals surface area contributed by atoms with Crippen LogP contribution in [0, 0.1) is 0 Å². The molecule has 0 amide bonds. The van der Waals surface area contributed by atoms with Gasteiger partial charge in [-0.15, -0.1) is 0 Å². The van der Waals surface area contributed by atoms with E-state index in [-0.39, 0.29) is 5.25 Å². The molecule has 78 valence electrons. The van der Waals surface area contributed by atoms with Crippen LogP contribution in [0.3, 0.4) is 0 Å². The third-order valence-electron chi connectivity index (χ3n) is 1.59. The summed E-state index contributed by atoms with van der Waals surface area (Å²) in [5.41, 5.74) is 3.95. The lowest BCUT2D eigenvalue weighted by molar-refractivity contribution is 0.595. The van der Waals surface area contributed by atoms with E-state index in [0.717, 1.165) is 0 Å². The van der Waals surface area contributed by atoms with Crippen LogP contribution in [0.25, 0.3) is 0 Å². The maximum atomic E-state index is 10.9. The highest BCUT2D eigenvalue weighted by atomic mass is 32.2. The highest BCUT2D eigenvalue weighted by molar-refractivity contribution is 7.99. The van der Waals surface area contributed by atoms with Crippen molar-refractivity contribution in [1.82, 2.24) is 14.8 Å². The minimum Gasteiger partial charge on any atom is -0.329 e. The summed E-state index contributed by atoms with van der Waals surface area (Å²) in [5.74, 6) is 0. The van der Waals surface area contributed by atoms with Crippen molar-refractivity contribution < 1.29 is 0 Å². The fourth-order valence-electron chi connectivity index (χ4n) is 0.794. The number of aryl methyl sites for hydroxylation is 1. The minimum atomic E-state index is -0.769. The molecule has 0 aliphatic carbocycles. The van der Waals surface area contributed by atoms with Crippen LogP contribution >= 0.6 is 11.8 Å². The number of H-pyrrole nitrogens is 1. The normalized spacial score (nSPS) is 12.8. The Morgan fingerprint density at radius 2 is 2.29 bits per heavy atom. The Morgan fingerprint density at radius 3 is 2.86 bits per heavy atom.